The van der Waals surface area contributed by atoms with Gasteiger partial charge in [0.15, 0.2) is 0 Å². The average Bonchev–Trinajstić information content (AvgIpc) is 2.44. The van der Waals surface area contributed by atoms with Crippen molar-refractivity contribution in [3.63, 3.8) is 0 Å². The van der Waals surface area contributed by atoms with Crippen LogP contribution >= 0.6 is 0 Å². The second-order valence-electron chi connectivity index (χ2n) is 5.52. The molecule has 1 aromatic rings. The number of benzene rings is 1. The lowest BCUT2D eigenvalue weighted by atomic mass is 10.0. The number of nitrogens with one attached hydrogen (secondary N) is 1. The number of piperidine rings is 1. The van der Waals surface area contributed by atoms with E-state index in [1.807, 2.05) is 11.8 Å². The van der Waals surface area contributed by atoms with Crippen molar-refractivity contribution in [3.05, 3.63) is 35.1 Å². The molecule has 0 aromatic heterocycles. The summed E-state index contributed by atoms with van der Waals surface area (Å²) in [5.41, 5.74) is 1.24. The lowest BCUT2D eigenvalue weighted by molar-refractivity contribution is 0.0648. The van der Waals surface area contributed by atoms with E-state index < -0.39 is 0 Å². The van der Waals surface area contributed by atoms with Crippen LogP contribution in [0.2, 0.25) is 0 Å². The third kappa shape index (κ3) is 3.57. The predicted molar refractivity (Wildman–Crippen MR) is 78.4 cm³/mol. The quantitative estimate of drug-likeness (QED) is 0.918. The van der Waals surface area contributed by atoms with Gasteiger partial charge in [-0.25, -0.2) is 4.39 Å². The molecule has 0 spiro atoms. The molecule has 3 nitrogen and oxygen atoms in total. The van der Waals surface area contributed by atoms with Crippen LogP contribution in [0.5, 0.6) is 0 Å². The molecule has 1 unspecified atom stereocenters. The molecular weight excluding hydrogens is 255 g/mol. The Bertz CT molecular complexity index is 449. The lowest BCUT2D eigenvalue weighted by Crippen LogP contribution is -2.49. The van der Waals surface area contributed by atoms with Gasteiger partial charge in [-0.05, 0) is 56.5 Å². The Hall–Kier alpha value is -1.42. The summed E-state index contributed by atoms with van der Waals surface area (Å²) in [7, 11) is 0. The first-order chi connectivity index (χ1) is 9.61. The average molecular weight is 278 g/mol. The molecular formula is C16H23FN2O. The molecule has 1 fully saturated rings. The molecule has 1 aromatic carbocycles. The maximum absolute atomic E-state index is 13.5. The Morgan fingerprint density at radius 2 is 2.25 bits per heavy atom. The van der Waals surface area contributed by atoms with E-state index in [0.717, 1.165) is 44.5 Å². The summed E-state index contributed by atoms with van der Waals surface area (Å²) in [6, 6.07) is 4.78. The highest BCUT2D eigenvalue weighted by Crippen LogP contribution is 2.17. The fourth-order valence-electron chi connectivity index (χ4n) is 2.82. The van der Waals surface area contributed by atoms with Crippen LogP contribution in [0.25, 0.3) is 0 Å². The maximum Gasteiger partial charge on any atom is 0.254 e. The molecule has 0 aliphatic carbocycles. The SMILES string of the molecule is CCCN(C(=O)c1cc(C)cc(F)c1)C1CCCNC1. The van der Waals surface area contributed by atoms with Crippen LogP contribution in [0.1, 0.15) is 42.1 Å². The molecule has 0 bridgehead atoms. The fraction of sp³-hybridized carbons (Fsp3) is 0.562. The van der Waals surface area contributed by atoms with Crippen LogP contribution in [-0.4, -0.2) is 36.5 Å². The Kier molecular flexibility index (Phi) is 5.12. The summed E-state index contributed by atoms with van der Waals surface area (Å²) in [5, 5.41) is 3.33. The number of nitrogens with zero attached hydrogens (tertiary/aromatic N) is 1. The molecule has 1 heterocycles. The van der Waals surface area contributed by atoms with E-state index >= 15 is 0 Å². The molecule has 110 valence electrons. The molecule has 0 radical (unpaired) electrons. The summed E-state index contributed by atoms with van der Waals surface area (Å²) in [5.74, 6) is -0.394. The minimum atomic E-state index is -0.341. The molecule has 1 aliphatic heterocycles. The number of halogens is 1. The highest BCUT2D eigenvalue weighted by atomic mass is 19.1. The van der Waals surface area contributed by atoms with Gasteiger partial charge in [-0.1, -0.05) is 6.92 Å². The van der Waals surface area contributed by atoms with Crippen molar-refractivity contribution in [2.75, 3.05) is 19.6 Å². The second-order valence-corrected chi connectivity index (χ2v) is 5.52. The highest BCUT2D eigenvalue weighted by Gasteiger charge is 2.25. The van der Waals surface area contributed by atoms with Gasteiger partial charge in [0, 0.05) is 24.7 Å². The fourth-order valence-corrected chi connectivity index (χ4v) is 2.82. The minimum absolute atomic E-state index is 0.0526. The standard InChI is InChI=1S/C16H23FN2O/c1-3-7-19(15-5-4-6-18-11-15)16(20)13-8-12(2)9-14(17)10-13/h8-10,15,18H,3-7,11H2,1-2H3. The van der Waals surface area contributed by atoms with Gasteiger partial charge >= 0.3 is 0 Å². The Morgan fingerprint density at radius 1 is 1.45 bits per heavy atom. The van der Waals surface area contributed by atoms with Crippen LogP contribution in [0.4, 0.5) is 4.39 Å². The van der Waals surface area contributed by atoms with Gasteiger partial charge in [-0.15, -0.1) is 0 Å². The molecule has 2 rings (SSSR count). The molecule has 4 heteroatoms. The summed E-state index contributed by atoms with van der Waals surface area (Å²) in [6.07, 6.45) is 3.02. The first-order valence-electron chi connectivity index (χ1n) is 7.40. The van der Waals surface area contributed by atoms with E-state index in [0.29, 0.717) is 5.56 Å². The summed E-state index contributed by atoms with van der Waals surface area (Å²) < 4.78 is 13.5. The number of carbonyl (C=O) groups excluding carboxylic acids is 1. The van der Waals surface area contributed by atoms with Crippen molar-refractivity contribution in [1.82, 2.24) is 10.2 Å². The largest absolute Gasteiger partial charge is 0.334 e. The highest BCUT2D eigenvalue weighted by molar-refractivity contribution is 5.94. The number of amides is 1. The van der Waals surface area contributed by atoms with Crippen molar-refractivity contribution in [2.24, 2.45) is 0 Å². The van der Waals surface area contributed by atoms with Gasteiger partial charge in [-0.3, -0.25) is 4.79 Å². The normalized spacial score (nSPS) is 18.9. The van der Waals surface area contributed by atoms with Crippen LogP contribution in [0.3, 0.4) is 0 Å². The number of hydrogen-bond acceptors (Lipinski definition) is 2. The van der Waals surface area contributed by atoms with Gasteiger partial charge < -0.3 is 10.2 Å². The van der Waals surface area contributed by atoms with Crippen LogP contribution in [0.15, 0.2) is 18.2 Å². The number of rotatable bonds is 4. The van der Waals surface area contributed by atoms with Gasteiger partial charge in [0.1, 0.15) is 5.82 Å². The van der Waals surface area contributed by atoms with Gasteiger partial charge in [0.2, 0.25) is 0 Å². The lowest BCUT2D eigenvalue weighted by Gasteiger charge is -2.34. The van der Waals surface area contributed by atoms with E-state index in [1.54, 1.807) is 6.07 Å². The van der Waals surface area contributed by atoms with E-state index in [4.69, 9.17) is 0 Å². The van der Waals surface area contributed by atoms with Crippen molar-refractivity contribution in [1.29, 1.82) is 0 Å². The van der Waals surface area contributed by atoms with Gasteiger partial charge in [0.05, 0.1) is 0 Å². The zero-order chi connectivity index (χ0) is 14.5. The monoisotopic (exact) mass is 278 g/mol. The third-order valence-corrected chi connectivity index (χ3v) is 3.73. The van der Waals surface area contributed by atoms with Crippen molar-refractivity contribution in [2.45, 2.75) is 39.2 Å². The van der Waals surface area contributed by atoms with Crippen LogP contribution in [-0.2, 0) is 0 Å². The first-order valence-corrected chi connectivity index (χ1v) is 7.40. The molecule has 1 saturated heterocycles. The molecule has 1 N–H and O–H groups in total. The Labute approximate surface area is 120 Å². The van der Waals surface area contributed by atoms with E-state index in [1.165, 1.54) is 12.1 Å². The van der Waals surface area contributed by atoms with Crippen LogP contribution < -0.4 is 5.32 Å². The first kappa shape index (κ1) is 15.0. The van der Waals surface area contributed by atoms with Crippen molar-refractivity contribution < 1.29 is 9.18 Å². The number of hydrogen-bond donors (Lipinski definition) is 1. The van der Waals surface area contributed by atoms with E-state index in [2.05, 4.69) is 12.2 Å². The number of aryl methyl sites for hydroxylation is 1. The third-order valence-electron chi connectivity index (χ3n) is 3.73. The Balaban J connectivity index is 2.20. The topological polar surface area (TPSA) is 32.3 Å². The molecule has 1 atom stereocenters. The van der Waals surface area contributed by atoms with E-state index in [9.17, 15) is 9.18 Å². The van der Waals surface area contributed by atoms with Gasteiger partial charge in [-0.2, -0.15) is 0 Å². The van der Waals surface area contributed by atoms with Crippen molar-refractivity contribution >= 4 is 5.91 Å². The maximum atomic E-state index is 13.5. The summed E-state index contributed by atoms with van der Waals surface area (Å²) in [4.78, 5) is 14.6. The number of carbonyl (C=O) groups is 1. The zero-order valence-corrected chi connectivity index (χ0v) is 12.3. The van der Waals surface area contributed by atoms with Crippen LogP contribution in [0, 0.1) is 12.7 Å². The molecule has 1 aliphatic rings. The Morgan fingerprint density at radius 3 is 2.85 bits per heavy atom. The smallest absolute Gasteiger partial charge is 0.254 e. The molecule has 0 saturated carbocycles. The summed E-state index contributed by atoms with van der Waals surface area (Å²) >= 11 is 0. The molecule has 20 heavy (non-hydrogen) atoms. The van der Waals surface area contributed by atoms with E-state index in [-0.39, 0.29) is 17.8 Å². The molecule has 1 amide bonds. The van der Waals surface area contributed by atoms with Gasteiger partial charge in [0.25, 0.3) is 5.91 Å². The van der Waals surface area contributed by atoms with Crippen molar-refractivity contribution in [3.8, 4) is 0 Å². The predicted octanol–water partition coefficient (Wildman–Crippen LogP) is 2.74. The summed E-state index contributed by atoms with van der Waals surface area (Å²) in [6.45, 7) is 6.45. The second kappa shape index (κ2) is 6.84. The zero-order valence-electron chi connectivity index (χ0n) is 12.3. The minimum Gasteiger partial charge on any atom is -0.334 e.